The van der Waals surface area contributed by atoms with Gasteiger partial charge in [0.15, 0.2) is 0 Å². The van der Waals surface area contributed by atoms with Crippen molar-refractivity contribution in [1.82, 2.24) is 5.32 Å². The van der Waals surface area contributed by atoms with E-state index in [2.05, 4.69) is 10.6 Å². The van der Waals surface area contributed by atoms with Crippen molar-refractivity contribution in [2.24, 2.45) is 11.3 Å². The van der Waals surface area contributed by atoms with Gasteiger partial charge in [0.2, 0.25) is 5.91 Å². The molecule has 2 fully saturated rings. The zero-order valence-electron chi connectivity index (χ0n) is 13.2. The van der Waals surface area contributed by atoms with Gasteiger partial charge in [0.25, 0.3) is 5.91 Å². The number of carbonyl (C=O) groups excluding carboxylic acids is 2. The molecule has 0 radical (unpaired) electrons. The number of nitrogens with one attached hydrogen (secondary N) is 2. The number of anilines is 1. The molecular weight excluding hydrogens is 276 g/mol. The highest BCUT2D eigenvalue weighted by molar-refractivity contribution is 6.07. The smallest absolute Gasteiger partial charge is 0.251 e. The maximum absolute atomic E-state index is 12.4. The predicted octanol–water partition coefficient (Wildman–Crippen LogP) is 2.84. The van der Waals surface area contributed by atoms with Gasteiger partial charge in [0.1, 0.15) is 0 Å². The van der Waals surface area contributed by atoms with Crippen LogP contribution in [0.3, 0.4) is 0 Å². The molecule has 1 aromatic rings. The topological polar surface area (TPSA) is 58.2 Å². The van der Waals surface area contributed by atoms with Gasteiger partial charge in [-0.3, -0.25) is 9.59 Å². The molecule has 0 bridgehead atoms. The Morgan fingerprint density at radius 1 is 1.32 bits per heavy atom. The number of hydrogen-bond donors (Lipinski definition) is 2. The van der Waals surface area contributed by atoms with E-state index in [1.807, 2.05) is 26.0 Å². The second kappa shape index (κ2) is 4.34. The first kappa shape index (κ1) is 13.8. The summed E-state index contributed by atoms with van der Waals surface area (Å²) in [5.41, 5.74) is 2.25. The summed E-state index contributed by atoms with van der Waals surface area (Å²) in [6.45, 7) is 4.60. The Bertz CT molecular complexity index is 670. The van der Waals surface area contributed by atoms with E-state index in [0.717, 1.165) is 23.7 Å². The minimum atomic E-state index is -0.519. The molecule has 1 heterocycles. The van der Waals surface area contributed by atoms with E-state index in [0.29, 0.717) is 11.0 Å². The highest BCUT2D eigenvalue weighted by atomic mass is 16.2. The van der Waals surface area contributed by atoms with Gasteiger partial charge in [-0.25, -0.2) is 0 Å². The van der Waals surface area contributed by atoms with Gasteiger partial charge in [-0.05, 0) is 68.6 Å². The SMILES string of the molecule is CC1(C)C(=O)Nc2cc(C(=O)NCC3(C4CC4)CC3)ccc21. The van der Waals surface area contributed by atoms with E-state index < -0.39 is 5.41 Å². The highest BCUT2D eigenvalue weighted by Crippen LogP contribution is 2.60. The van der Waals surface area contributed by atoms with E-state index in [-0.39, 0.29) is 11.8 Å². The van der Waals surface area contributed by atoms with Crippen molar-refractivity contribution >= 4 is 17.5 Å². The van der Waals surface area contributed by atoms with Gasteiger partial charge in [-0.1, -0.05) is 6.07 Å². The fourth-order valence-electron chi connectivity index (χ4n) is 3.68. The maximum Gasteiger partial charge on any atom is 0.251 e. The molecule has 0 aromatic heterocycles. The first-order valence-corrected chi connectivity index (χ1v) is 8.17. The minimum Gasteiger partial charge on any atom is -0.351 e. The Hall–Kier alpha value is -1.84. The van der Waals surface area contributed by atoms with Crippen LogP contribution in [0.5, 0.6) is 0 Å². The zero-order chi connectivity index (χ0) is 15.5. The third kappa shape index (κ3) is 2.04. The van der Waals surface area contributed by atoms with Crippen LogP contribution < -0.4 is 10.6 Å². The third-order valence-electron chi connectivity index (χ3n) is 5.71. The molecule has 1 aromatic carbocycles. The summed E-state index contributed by atoms with van der Waals surface area (Å²) in [6, 6.07) is 5.52. The van der Waals surface area contributed by atoms with Crippen molar-refractivity contribution in [2.75, 3.05) is 11.9 Å². The van der Waals surface area contributed by atoms with E-state index in [1.54, 1.807) is 6.07 Å². The Kier molecular flexibility index (Phi) is 2.72. The summed E-state index contributed by atoms with van der Waals surface area (Å²) in [6.07, 6.45) is 5.17. The first-order valence-electron chi connectivity index (χ1n) is 8.17. The van der Waals surface area contributed by atoms with Crippen molar-refractivity contribution in [3.05, 3.63) is 29.3 Å². The fraction of sp³-hybridized carbons (Fsp3) is 0.556. The third-order valence-corrected chi connectivity index (χ3v) is 5.71. The summed E-state index contributed by atoms with van der Waals surface area (Å²) in [5.74, 6) is 0.798. The van der Waals surface area contributed by atoms with E-state index >= 15 is 0 Å². The Balaban J connectivity index is 1.48. The van der Waals surface area contributed by atoms with Crippen LogP contribution in [0.25, 0.3) is 0 Å². The summed E-state index contributed by atoms with van der Waals surface area (Å²) < 4.78 is 0. The number of carbonyl (C=O) groups is 2. The van der Waals surface area contributed by atoms with Crippen molar-refractivity contribution in [3.63, 3.8) is 0 Å². The molecule has 0 atom stereocenters. The molecule has 2 aliphatic carbocycles. The molecule has 4 nitrogen and oxygen atoms in total. The summed E-state index contributed by atoms with van der Waals surface area (Å²) in [4.78, 5) is 24.4. The largest absolute Gasteiger partial charge is 0.351 e. The Morgan fingerprint density at radius 2 is 2.05 bits per heavy atom. The van der Waals surface area contributed by atoms with Crippen LogP contribution in [0.4, 0.5) is 5.69 Å². The molecule has 0 saturated heterocycles. The van der Waals surface area contributed by atoms with E-state index in [1.165, 1.54) is 25.7 Å². The van der Waals surface area contributed by atoms with Crippen molar-refractivity contribution in [3.8, 4) is 0 Å². The van der Waals surface area contributed by atoms with Crippen LogP contribution in [0.1, 0.15) is 55.5 Å². The average molecular weight is 298 g/mol. The van der Waals surface area contributed by atoms with Crippen LogP contribution in [0.15, 0.2) is 18.2 Å². The lowest BCUT2D eigenvalue weighted by Crippen LogP contribution is -2.31. The monoisotopic (exact) mass is 298 g/mol. The number of hydrogen-bond acceptors (Lipinski definition) is 2. The lowest BCUT2D eigenvalue weighted by atomic mass is 9.86. The van der Waals surface area contributed by atoms with Crippen molar-refractivity contribution in [2.45, 2.75) is 44.9 Å². The van der Waals surface area contributed by atoms with Crippen molar-refractivity contribution < 1.29 is 9.59 Å². The predicted molar refractivity (Wildman–Crippen MR) is 84.8 cm³/mol. The number of amides is 2. The second-order valence-corrected chi connectivity index (χ2v) is 7.66. The van der Waals surface area contributed by atoms with Crippen LogP contribution >= 0.6 is 0 Å². The van der Waals surface area contributed by atoms with Crippen molar-refractivity contribution in [1.29, 1.82) is 0 Å². The maximum atomic E-state index is 12.4. The lowest BCUT2D eigenvalue weighted by Gasteiger charge is -2.16. The summed E-state index contributed by atoms with van der Waals surface area (Å²) >= 11 is 0. The molecule has 2 amide bonds. The van der Waals surface area contributed by atoms with Crippen LogP contribution in [0, 0.1) is 11.3 Å². The van der Waals surface area contributed by atoms with Gasteiger partial charge < -0.3 is 10.6 Å². The molecule has 2 saturated carbocycles. The second-order valence-electron chi connectivity index (χ2n) is 7.66. The summed E-state index contributed by atoms with van der Waals surface area (Å²) in [5, 5.41) is 5.97. The number of fused-ring (bicyclic) bond motifs is 1. The molecule has 3 aliphatic rings. The minimum absolute atomic E-state index is 0.00859. The average Bonchev–Trinajstić information content (AvgIpc) is 3.36. The quantitative estimate of drug-likeness (QED) is 0.898. The highest BCUT2D eigenvalue weighted by Gasteiger charge is 2.53. The molecular formula is C18H22N2O2. The van der Waals surface area contributed by atoms with Gasteiger partial charge in [-0.2, -0.15) is 0 Å². The van der Waals surface area contributed by atoms with Gasteiger partial charge in [0.05, 0.1) is 5.41 Å². The van der Waals surface area contributed by atoms with Crippen LogP contribution in [-0.4, -0.2) is 18.4 Å². The normalized spacial score (nSPS) is 23.6. The number of benzene rings is 1. The molecule has 0 spiro atoms. The van der Waals surface area contributed by atoms with E-state index in [4.69, 9.17) is 0 Å². The van der Waals surface area contributed by atoms with E-state index in [9.17, 15) is 9.59 Å². The number of rotatable bonds is 4. The summed E-state index contributed by atoms with van der Waals surface area (Å²) in [7, 11) is 0. The molecule has 4 rings (SSSR count). The molecule has 1 aliphatic heterocycles. The van der Waals surface area contributed by atoms with Crippen LogP contribution in [-0.2, 0) is 10.2 Å². The fourth-order valence-corrected chi connectivity index (χ4v) is 3.68. The molecule has 2 N–H and O–H groups in total. The Labute approximate surface area is 130 Å². The Morgan fingerprint density at radius 3 is 2.68 bits per heavy atom. The van der Waals surface area contributed by atoms with Gasteiger partial charge >= 0.3 is 0 Å². The molecule has 0 unspecified atom stereocenters. The van der Waals surface area contributed by atoms with Gasteiger partial charge in [-0.15, -0.1) is 0 Å². The zero-order valence-corrected chi connectivity index (χ0v) is 13.2. The molecule has 116 valence electrons. The molecule has 22 heavy (non-hydrogen) atoms. The van der Waals surface area contributed by atoms with Crippen LogP contribution in [0.2, 0.25) is 0 Å². The first-order chi connectivity index (χ1) is 10.4. The van der Waals surface area contributed by atoms with Gasteiger partial charge in [0, 0.05) is 17.8 Å². The molecule has 4 heteroatoms. The standard InChI is InChI=1S/C18H22N2O2/c1-17(2)13-6-3-11(9-14(13)20-16(17)22)15(21)19-10-18(7-8-18)12-4-5-12/h3,6,9,12H,4-5,7-8,10H2,1-2H3,(H,19,21)(H,20,22). The lowest BCUT2D eigenvalue weighted by molar-refractivity contribution is -0.119.